The van der Waals surface area contributed by atoms with E-state index in [1.807, 2.05) is 0 Å². The molecular weight excluding hydrogens is 320 g/mol. The molecule has 2 amide bonds. The van der Waals surface area contributed by atoms with Crippen LogP contribution in [0, 0.1) is 0 Å². The van der Waals surface area contributed by atoms with E-state index < -0.39 is 21.8 Å². The fourth-order valence-corrected chi connectivity index (χ4v) is 3.25. The van der Waals surface area contributed by atoms with Crippen LogP contribution in [0.4, 0.5) is 5.69 Å². The van der Waals surface area contributed by atoms with Gasteiger partial charge in [0.25, 0.3) is 21.8 Å². The molecule has 0 bridgehead atoms. The number of azide groups is 1. The van der Waals surface area contributed by atoms with Crippen molar-refractivity contribution < 1.29 is 18.0 Å². The number of amides is 2. The van der Waals surface area contributed by atoms with Crippen LogP contribution in [0.1, 0.15) is 0 Å². The molecule has 3 rings (SSSR count). The summed E-state index contributed by atoms with van der Waals surface area (Å²) < 4.78 is 26.7. The lowest BCUT2D eigenvalue weighted by molar-refractivity contribution is -0.119. The number of carbonyl (C=O) groups excluding carboxylic acids is 2. The minimum absolute atomic E-state index is 0.142. The number of hydrogen-bond donors (Lipinski definition) is 0. The Kier molecular flexibility index (Phi) is 3.36. The highest BCUT2D eigenvalue weighted by Crippen LogP contribution is 2.29. The van der Waals surface area contributed by atoms with Gasteiger partial charge in [-0.05, 0) is 29.1 Å². The van der Waals surface area contributed by atoms with Gasteiger partial charge >= 0.3 is 0 Å². The Labute approximate surface area is 130 Å². The first-order valence-corrected chi connectivity index (χ1v) is 7.78. The summed E-state index contributed by atoms with van der Waals surface area (Å²) in [6.07, 6.45) is 2.32. The van der Waals surface area contributed by atoms with Crippen molar-refractivity contribution >= 4 is 38.3 Å². The maximum atomic E-state index is 11.9. The lowest BCUT2D eigenvalue weighted by atomic mass is 10.1. The minimum Gasteiger partial charge on any atom is -0.269 e. The van der Waals surface area contributed by atoms with E-state index in [0.717, 1.165) is 17.1 Å². The van der Waals surface area contributed by atoms with Crippen LogP contribution in [-0.4, -0.2) is 20.2 Å². The van der Waals surface area contributed by atoms with Crippen molar-refractivity contribution in [3.8, 4) is 0 Å². The molecular formula is C14H8N4O4S. The highest BCUT2D eigenvalue weighted by atomic mass is 32.2. The first kappa shape index (κ1) is 14.8. The van der Waals surface area contributed by atoms with E-state index in [9.17, 15) is 18.0 Å². The zero-order valence-electron chi connectivity index (χ0n) is 11.4. The van der Waals surface area contributed by atoms with Gasteiger partial charge in [0.05, 0.1) is 10.6 Å². The summed E-state index contributed by atoms with van der Waals surface area (Å²) in [5.74, 6) is -0.931. The third-order valence-electron chi connectivity index (χ3n) is 3.31. The average molecular weight is 328 g/mol. The van der Waals surface area contributed by atoms with Crippen LogP contribution in [0.5, 0.6) is 0 Å². The molecule has 0 radical (unpaired) electrons. The van der Waals surface area contributed by atoms with Crippen molar-refractivity contribution in [1.82, 2.24) is 0 Å². The number of carbonyl (C=O) groups is 2. The number of imide groups is 1. The van der Waals surface area contributed by atoms with Crippen molar-refractivity contribution in [1.29, 1.82) is 0 Å². The molecule has 0 fully saturated rings. The van der Waals surface area contributed by atoms with E-state index in [1.54, 1.807) is 6.07 Å². The van der Waals surface area contributed by atoms with E-state index in [4.69, 9.17) is 5.53 Å². The Hall–Kier alpha value is -3.16. The molecule has 0 aliphatic carbocycles. The fraction of sp³-hybridized carbons (Fsp3) is 0. The molecule has 0 aromatic heterocycles. The van der Waals surface area contributed by atoms with Gasteiger partial charge in [-0.3, -0.25) is 9.59 Å². The van der Waals surface area contributed by atoms with Gasteiger partial charge in [0, 0.05) is 27.0 Å². The summed E-state index contributed by atoms with van der Waals surface area (Å²) in [7, 11) is -4.14. The zero-order chi connectivity index (χ0) is 16.6. The predicted molar refractivity (Wildman–Crippen MR) is 81.9 cm³/mol. The van der Waals surface area contributed by atoms with Crippen molar-refractivity contribution in [3.05, 3.63) is 59.0 Å². The van der Waals surface area contributed by atoms with Gasteiger partial charge in [0.2, 0.25) is 0 Å². The number of hydrogen-bond acceptors (Lipinski definition) is 4. The van der Waals surface area contributed by atoms with Crippen LogP contribution in [-0.2, 0) is 19.6 Å². The fourth-order valence-electron chi connectivity index (χ4n) is 2.35. The topological polar surface area (TPSA) is 120 Å². The molecule has 9 heteroatoms. The van der Waals surface area contributed by atoms with E-state index in [2.05, 4.69) is 9.43 Å². The van der Waals surface area contributed by atoms with Gasteiger partial charge in [-0.15, -0.1) is 0 Å². The molecule has 8 nitrogen and oxygen atoms in total. The minimum atomic E-state index is -4.14. The second-order valence-corrected chi connectivity index (χ2v) is 6.21. The SMILES string of the molecule is [N-]=[N+]=NS(=O)(=O)c1cccc2cc(N3C(=O)C=CC3=O)ccc12. The lowest BCUT2D eigenvalue weighted by Gasteiger charge is -2.15. The van der Waals surface area contributed by atoms with Crippen molar-refractivity contribution in [3.63, 3.8) is 0 Å². The summed E-state index contributed by atoms with van der Waals surface area (Å²) in [4.78, 5) is 26.6. The third kappa shape index (κ3) is 2.44. The van der Waals surface area contributed by atoms with Gasteiger partial charge in [-0.1, -0.05) is 18.2 Å². The number of nitrogens with zero attached hydrogens (tertiary/aromatic N) is 4. The summed E-state index contributed by atoms with van der Waals surface area (Å²) in [5.41, 5.74) is 8.70. The van der Waals surface area contributed by atoms with Gasteiger partial charge in [0.1, 0.15) is 0 Å². The molecule has 2 aromatic rings. The van der Waals surface area contributed by atoms with Crippen molar-refractivity contribution in [2.24, 2.45) is 4.52 Å². The Morgan fingerprint density at radius 2 is 1.74 bits per heavy atom. The predicted octanol–water partition coefficient (Wildman–Crippen LogP) is 2.27. The average Bonchev–Trinajstić information content (AvgIpc) is 2.85. The molecule has 1 aliphatic rings. The quantitative estimate of drug-likeness (QED) is 0.371. The van der Waals surface area contributed by atoms with Crippen LogP contribution in [0.25, 0.3) is 21.2 Å². The Bertz CT molecular complexity index is 1020. The first-order chi connectivity index (χ1) is 10.9. The standard InChI is InChI=1S/C14H8N4O4S/c15-16-17-23(21,22)12-3-1-2-9-8-10(4-5-11(9)12)18-13(19)6-7-14(18)20/h1-8H. The molecule has 23 heavy (non-hydrogen) atoms. The maximum Gasteiger partial charge on any atom is 0.264 e. The third-order valence-corrected chi connectivity index (χ3v) is 4.51. The highest BCUT2D eigenvalue weighted by Gasteiger charge is 2.25. The molecule has 0 saturated carbocycles. The van der Waals surface area contributed by atoms with Crippen molar-refractivity contribution in [2.45, 2.75) is 4.90 Å². The smallest absolute Gasteiger partial charge is 0.264 e. The van der Waals surface area contributed by atoms with Crippen LogP contribution in [0.3, 0.4) is 0 Å². The number of rotatable bonds is 3. The van der Waals surface area contributed by atoms with Crippen LogP contribution in [0.15, 0.2) is 58.0 Å². The van der Waals surface area contributed by atoms with Crippen LogP contribution < -0.4 is 4.90 Å². The number of fused-ring (bicyclic) bond motifs is 1. The summed E-state index contributed by atoms with van der Waals surface area (Å²) in [6, 6.07) is 8.88. The first-order valence-electron chi connectivity index (χ1n) is 6.34. The summed E-state index contributed by atoms with van der Waals surface area (Å²) in [5, 5.41) is 0.819. The molecule has 1 aliphatic heterocycles. The number of sulfonamides is 1. The molecule has 114 valence electrons. The maximum absolute atomic E-state index is 11.9. The van der Waals surface area contributed by atoms with Gasteiger partial charge in [-0.2, -0.15) is 0 Å². The second-order valence-electron chi connectivity index (χ2n) is 4.65. The summed E-state index contributed by atoms with van der Waals surface area (Å²) >= 11 is 0. The Morgan fingerprint density at radius 1 is 1.04 bits per heavy atom. The molecule has 0 unspecified atom stereocenters. The van der Waals surface area contributed by atoms with Gasteiger partial charge in [0.15, 0.2) is 0 Å². The summed E-state index contributed by atoms with van der Waals surface area (Å²) in [6.45, 7) is 0. The van der Waals surface area contributed by atoms with Crippen molar-refractivity contribution in [2.75, 3.05) is 4.90 Å². The van der Waals surface area contributed by atoms with Gasteiger partial charge in [-0.25, -0.2) is 13.3 Å². The van der Waals surface area contributed by atoms with Gasteiger partial charge < -0.3 is 0 Å². The van der Waals surface area contributed by atoms with Crippen LogP contribution in [0.2, 0.25) is 0 Å². The normalized spacial score (nSPS) is 14.3. The molecule has 0 saturated heterocycles. The molecule has 2 aromatic carbocycles. The van der Waals surface area contributed by atoms with E-state index >= 15 is 0 Å². The molecule has 0 spiro atoms. The molecule has 0 N–H and O–H groups in total. The van der Waals surface area contributed by atoms with Crippen LogP contribution >= 0.6 is 0 Å². The van der Waals surface area contributed by atoms with E-state index in [-0.39, 0.29) is 4.90 Å². The van der Waals surface area contributed by atoms with E-state index in [1.165, 1.54) is 30.3 Å². The number of benzene rings is 2. The Balaban J connectivity index is 2.19. The lowest BCUT2D eigenvalue weighted by Crippen LogP contribution is -2.29. The number of anilines is 1. The zero-order valence-corrected chi connectivity index (χ0v) is 12.3. The highest BCUT2D eigenvalue weighted by molar-refractivity contribution is 7.90. The second kappa shape index (κ2) is 5.24. The monoisotopic (exact) mass is 328 g/mol. The molecule has 1 heterocycles. The largest absolute Gasteiger partial charge is 0.269 e. The van der Waals surface area contributed by atoms with E-state index in [0.29, 0.717) is 16.5 Å². The Morgan fingerprint density at radius 3 is 2.39 bits per heavy atom. The molecule has 0 atom stereocenters.